The van der Waals surface area contributed by atoms with E-state index in [1.807, 2.05) is 0 Å². The predicted octanol–water partition coefficient (Wildman–Crippen LogP) is 4.25. The smallest absolute Gasteiger partial charge is 0.351 e. The minimum absolute atomic E-state index is 0.0503. The summed E-state index contributed by atoms with van der Waals surface area (Å²) in [5, 5.41) is 2.45. The molecule has 0 radical (unpaired) electrons. The molecule has 0 unspecified atom stereocenters. The Kier molecular flexibility index (Phi) is 7.23. The first-order valence-corrected chi connectivity index (χ1v) is 12.5. The van der Waals surface area contributed by atoms with Crippen LogP contribution in [0, 0.1) is 11.6 Å². The lowest BCUT2D eigenvalue weighted by Crippen LogP contribution is -2.45. The molecule has 0 bridgehead atoms. The highest BCUT2D eigenvalue weighted by molar-refractivity contribution is 7.89. The quantitative estimate of drug-likeness (QED) is 0.457. The molecule has 38 heavy (non-hydrogen) atoms. The number of nitrogens with zero attached hydrogens (tertiary/aromatic N) is 3. The second kappa shape index (κ2) is 9.98. The van der Waals surface area contributed by atoms with Gasteiger partial charge in [0.05, 0.1) is 23.0 Å². The van der Waals surface area contributed by atoms with E-state index in [0.717, 1.165) is 49.5 Å². The first kappa shape index (κ1) is 27.5. The van der Waals surface area contributed by atoms with Gasteiger partial charge in [-0.15, -0.1) is 0 Å². The summed E-state index contributed by atoms with van der Waals surface area (Å²) in [6, 6.07) is 5.87. The van der Waals surface area contributed by atoms with Gasteiger partial charge >= 0.3 is 6.18 Å². The Morgan fingerprint density at radius 3 is 2.37 bits per heavy atom. The molecule has 14 heteroatoms. The van der Waals surface area contributed by atoms with Crippen molar-refractivity contribution in [1.29, 1.82) is 0 Å². The fraction of sp³-hybridized carbons (Fsp3) is 0.292. The van der Waals surface area contributed by atoms with Crippen molar-refractivity contribution in [2.24, 2.45) is 0 Å². The molecule has 2 atom stereocenters. The average molecular weight is 559 g/mol. The molecular weight excluding hydrogens is 538 g/mol. The van der Waals surface area contributed by atoms with Gasteiger partial charge in [0.25, 0.3) is 0 Å². The van der Waals surface area contributed by atoms with Gasteiger partial charge in [-0.2, -0.15) is 17.5 Å². The third-order valence-electron chi connectivity index (χ3n) is 5.84. The van der Waals surface area contributed by atoms with E-state index in [1.165, 1.54) is 6.07 Å². The lowest BCUT2D eigenvalue weighted by Gasteiger charge is -2.23. The second-order valence-corrected chi connectivity index (χ2v) is 10.9. The van der Waals surface area contributed by atoms with E-state index >= 15 is 0 Å². The summed E-state index contributed by atoms with van der Waals surface area (Å²) in [7, 11) is -4.36. The number of carbonyl (C=O) groups is 1. The van der Waals surface area contributed by atoms with E-state index in [2.05, 4.69) is 15.3 Å². The van der Waals surface area contributed by atoms with Gasteiger partial charge in [0.15, 0.2) is 5.69 Å². The van der Waals surface area contributed by atoms with Gasteiger partial charge < -0.3 is 5.32 Å². The van der Waals surface area contributed by atoms with Gasteiger partial charge in [-0.25, -0.2) is 26.6 Å². The number of halogens is 6. The Morgan fingerprint density at radius 1 is 1.08 bits per heavy atom. The predicted molar refractivity (Wildman–Crippen MR) is 122 cm³/mol. The van der Waals surface area contributed by atoms with E-state index in [-0.39, 0.29) is 28.3 Å². The molecule has 1 aromatic heterocycles. The van der Waals surface area contributed by atoms with E-state index in [9.17, 15) is 39.6 Å². The lowest BCUT2D eigenvalue weighted by molar-refractivity contribution is -0.141. The minimum atomic E-state index is -4.70. The summed E-state index contributed by atoms with van der Waals surface area (Å²) in [6.07, 6.45) is -3.81. The Labute approximate surface area is 213 Å². The van der Waals surface area contributed by atoms with Crippen molar-refractivity contribution in [3.63, 3.8) is 0 Å². The molecule has 2 heterocycles. The number of benzene rings is 2. The molecule has 1 N–H and O–H groups in total. The molecule has 0 aliphatic carbocycles. The highest BCUT2D eigenvalue weighted by Crippen LogP contribution is 2.35. The third-order valence-corrected chi connectivity index (χ3v) is 7.71. The van der Waals surface area contributed by atoms with Crippen LogP contribution in [-0.2, 0) is 27.5 Å². The molecule has 7 nitrogen and oxygen atoms in total. The molecule has 1 saturated heterocycles. The van der Waals surface area contributed by atoms with E-state index in [0.29, 0.717) is 10.5 Å². The molecule has 2 aromatic carbocycles. The minimum Gasteiger partial charge on any atom is -0.351 e. The number of amides is 1. The zero-order valence-corrected chi connectivity index (χ0v) is 20.5. The Hall–Kier alpha value is -3.52. The maximum absolute atomic E-state index is 14.9. The van der Waals surface area contributed by atoms with Gasteiger partial charge in [0.2, 0.25) is 15.9 Å². The number of rotatable bonds is 6. The molecule has 4 rings (SSSR count). The fourth-order valence-corrected chi connectivity index (χ4v) is 5.75. The van der Waals surface area contributed by atoms with Gasteiger partial charge in [0, 0.05) is 25.1 Å². The van der Waals surface area contributed by atoms with E-state index in [1.54, 1.807) is 0 Å². The van der Waals surface area contributed by atoms with Crippen molar-refractivity contribution in [3.8, 4) is 11.3 Å². The largest absolute Gasteiger partial charge is 0.434 e. The zero-order valence-electron chi connectivity index (χ0n) is 19.6. The molecule has 1 fully saturated rings. The van der Waals surface area contributed by atoms with Gasteiger partial charge in [-0.1, -0.05) is 0 Å². The van der Waals surface area contributed by atoms with Crippen LogP contribution in [0.4, 0.5) is 26.3 Å². The number of hydrogen-bond acceptors (Lipinski definition) is 5. The van der Waals surface area contributed by atoms with Crippen LogP contribution in [0.1, 0.15) is 24.6 Å². The number of carbonyl (C=O) groups excluding carboxylic acids is 1. The number of aromatic nitrogens is 2. The SMILES string of the molecule is C[C@@]1(F)C[C@@H](C(=O)NCc2cc(F)cc(-c3cnc(C(F)(F)F)cn3)c2)N(S(=O)(=O)c2ccc(F)cc2)C1. The molecule has 0 saturated carbocycles. The molecule has 0 spiro atoms. The Balaban J connectivity index is 1.52. The summed E-state index contributed by atoms with van der Waals surface area (Å²) >= 11 is 0. The monoisotopic (exact) mass is 558 g/mol. The van der Waals surface area contributed by atoms with Gasteiger partial charge in [-0.05, 0) is 55.0 Å². The Bertz CT molecular complexity index is 1450. The van der Waals surface area contributed by atoms with Crippen LogP contribution < -0.4 is 5.32 Å². The van der Waals surface area contributed by atoms with E-state index < -0.39 is 64.1 Å². The van der Waals surface area contributed by atoms with Gasteiger partial charge in [0.1, 0.15) is 23.3 Å². The second-order valence-electron chi connectivity index (χ2n) is 8.99. The molecule has 202 valence electrons. The average Bonchev–Trinajstić information content (AvgIpc) is 3.18. The number of alkyl halides is 4. The highest BCUT2D eigenvalue weighted by atomic mass is 32.2. The summed E-state index contributed by atoms with van der Waals surface area (Å²) in [5.41, 5.74) is -3.02. The van der Waals surface area contributed by atoms with Gasteiger partial charge in [-0.3, -0.25) is 9.78 Å². The van der Waals surface area contributed by atoms with Crippen LogP contribution in [0.2, 0.25) is 0 Å². The molecular formula is C24H20F6N4O3S. The molecule has 1 amide bonds. The molecule has 1 aliphatic rings. The van der Waals surface area contributed by atoms with Crippen LogP contribution in [-0.4, -0.2) is 46.9 Å². The van der Waals surface area contributed by atoms with Crippen molar-refractivity contribution in [3.05, 3.63) is 77.8 Å². The number of hydrogen-bond donors (Lipinski definition) is 1. The fourth-order valence-electron chi connectivity index (χ4n) is 4.05. The summed E-state index contributed by atoms with van der Waals surface area (Å²) in [4.78, 5) is 19.6. The Morgan fingerprint density at radius 2 is 1.76 bits per heavy atom. The maximum Gasteiger partial charge on any atom is 0.434 e. The van der Waals surface area contributed by atoms with Crippen molar-refractivity contribution < 1.29 is 39.6 Å². The van der Waals surface area contributed by atoms with Crippen LogP contribution in [0.25, 0.3) is 11.3 Å². The number of nitrogens with one attached hydrogen (secondary N) is 1. The maximum atomic E-state index is 14.9. The van der Waals surface area contributed by atoms with E-state index in [4.69, 9.17) is 0 Å². The van der Waals surface area contributed by atoms with Crippen LogP contribution in [0.5, 0.6) is 0 Å². The first-order valence-electron chi connectivity index (χ1n) is 11.1. The number of sulfonamides is 1. The third kappa shape index (κ3) is 5.96. The summed E-state index contributed by atoms with van der Waals surface area (Å²) in [6.45, 7) is 0.237. The van der Waals surface area contributed by atoms with Crippen LogP contribution in [0.3, 0.4) is 0 Å². The van der Waals surface area contributed by atoms with Crippen molar-refractivity contribution >= 4 is 15.9 Å². The lowest BCUT2D eigenvalue weighted by atomic mass is 10.0. The molecule has 1 aliphatic heterocycles. The summed E-state index contributed by atoms with van der Waals surface area (Å²) in [5.74, 6) is -2.30. The normalized spacial score (nSPS) is 20.4. The van der Waals surface area contributed by atoms with Crippen LogP contribution in [0.15, 0.2) is 59.8 Å². The zero-order chi connectivity index (χ0) is 27.9. The molecule has 3 aromatic rings. The first-order chi connectivity index (χ1) is 17.7. The van der Waals surface area contributed by atoms with Crippen molar-refractivity contribution in [1.82, 2.24) is 19.6 Å². The van der Waals surface area contributed by atoms with Crippen LogP contribution >= 0.6 is 0 Å². The topological polar surface area (TPSA) is 92.3 Å². The van der Waals surface area contributed by atoms with Crippen molar-refractivity contribution in [2.75, 3.05) is 6.54 Å². The highest BCUT2D eigenvalue weighted by Gasteiger charge is 2.49. The standard InChI is InChI=1S/C24H20F6N4O3S/c1-23(27)9-20(34(13-23)38(36,37)18-4-2-16(25)3-5-18)22(35)33-10-14-6-15(8-17(26)7-14)19-11-32-21(12-31-19)24(28,29)30/h2-8,11-12,20H,9-10,13H2,1H3,(H,33,35)/t20-,23+/m0/s1. The summed E-state index contributed by atoms with van der Waals surface area (Å²) < 4.78 is 107. The van der Waals surface area contributed by atoms with Crippen molar-refractivity contribution in [2.45, 2.75) is 42.7 Å².